The topological polar surface area (TPSA) is 45.0 Å². The van der Waals surface area contributed by atoms with Crippen LogP contribution in [0.25, 0.3) is 0 Å². The van der Waals surface area contributed by atoms with Gasteiger partial charge in [-0.2, -0.15) is 5.26 Å². The fourth-order valence-corrected chi connectivity index (χ4v) is 2.59. The lowest BCUT2D eigenvalue weighted by atomic mass is 9.80. The third-order valence-electron chi connectivity index (χ3n) is 2.98. The molecule has 0 aliphatic carbocycles. The largest absolute Gasteiger partial charge is 0.367 e. The second kappa shape index (κ2) is 3.47. The Morgan fingerprint density at radius 1 is 1.27 bits per heavy atom. The van der Waals surface area contributed by atoms with Crippen molar-refractivity contribution in [3.05, 3.63) is 0 Å². The number of ether oxygens (including phenoxy) is 1. The molecule has 0 saturated carbocycles. The van der Waals surface area contributed by atoms with Gasteiger partial charge in [0.15, 0.2) is 0 Å². The van der Waals surface area contributed by atoms with Crippen molar-refractivity contribution in [2.75, 3.05) is 0 Å². The summed E-state index contributed by atoms with van der Waals surface area (Å²) in [5, 5.41) is 12.8. The first-order valence-electron chi connectivity index (χ1n) is 5.53. The van der Waals surface area contributed by atoms with Crippen molar-refractivity contribution in [3.8, 4) is 6.07 Å². The third kappa shape index (κ3) is 2.16. The van der Waals surface area contributed by atoms with Gasteiger partial charge in [-0.05, 0) is 41.5 Å². The van der Waals surface area contributed by atoms with E-state index in [2.05, 4.69) is 25.2 Å². The van der Waals surface area contributed by atoms with Gasteiger partial charge in [-0.3, -0.25) is 5.32 Å². The molecule has 3 nitrogen and oxygen atoms in total. The normalized spacial score (nSPS) is 32.9. The van der Waals surface area contributed by atoms with Gasteiger partial charge in [0, 0.05) is 12.5 Å². The fraction of sp³-hybridized carbons (Fsp3) is 0.917. The zero-order valence-corrected chi connectivity index (χ0v) is 10.6. The Labute approximate surface area is 92.8 Å². The van der Waals surface area contributed by atoms with E-state index in [0.29, 0.717) is 0 Å². The number of rotatable bonds is 2. The van der Waals surface area contributed by atoms with Crippen LogP contribution in [0.1, 0.15) is 48.0 Å². The Hall–Kier alpha value is -0.590. The van der Waals surface area contributed by atoms with Crippen molar-refractivity contribution in [2.45, 2.75) is 70.7 Å². The minimum absolute atomic E-state index is 0.235. The van der Waals surface area contributed by atoms with E-state index in [9.17, 15) is 5.26 Å². The summed E-state index contributed by atoms with van der Waals surface area (Å²) >= 11 is 0. The van der Waals surface area contributed by atoms with Crippen LogP contribution in [0.15, 0.2) is 0 Å². The van der Waals surface area contributed by atoms with E-state index in [1.165, 1.54) is 0 Å². The zero-order chi connectivity index (χ0) is 11.9. The first-order chi connectivity index (χ1) is 6.64. The lowest BCUT2D eigenvalue weighted by molar-refractivity contribution is -0.0772. The number of nitriles is 1. The Morgan fingerprint density at radius 3 is 2.07 bits per heavy atom. The summed E-state index contributed by atoms with van der Waals surface area (Å²) in [5.74, 6) is 0. The van der Waals surface area contributed by atoms with Crippen molar-refractivity contribution in [2.24, 2.45) is 0 Å². The summed E-state index contributed by atoms with van der Waals surface area (Å²) in [4.78, 5) is 0. The zero-order valence-electron chi connectivity index (χ0n) is 10.6. The smallest absolute Gasteiger partial charge is 0.138 e. The van der Waals surface area contributed by atoms with Gasteiger partial charge in [0.25, 0.3) is 0 Å². The highest BCUT2D eigenvalue weighted by Gasteiger charge is 2.57. The Balaban J connectivity index is 3.05. The summed E-state index contributed by atoms with van der Waals surface area (Å²) in [6, 6.07) is 2.70. The van der Waals surface area contributed by atoms with Gasteiger partial charge in [0.1, 0.15) is 5.54 Å². The van der Waals surface area contributed by atoms with Crippen LogP contribution >= 0.6 is 0 Å². The maximum atomic E-state index is 9.44. The van der Waals surface area contributed by atoms with Crippen LogP contribution in [0.4, 0.5) is 0 Å². The average Bonchev–Trinajstić information content (AvgIpc) is 2.15. The van der Waals surface area contributed by atoms with Gasteiger partial charge in [0.2, 0.25) is 0 Å². The maximum absolute atomic E-state index is 9.44. The standard InChI is InChI=1S/C12H22N2O/c1-9(2)14-12(8-13)7-10(3,4)15-11(12,5)6/h9,14H,7H2,1-6H3. The minimum atomic E-state index is -0.579. The number of hydrogen-bond donors (Lipinski definition) is 1. The first kappa shape index (κ1) is 12.5. The molecule has 1 saturated heterocycles. The van der Waals surface area contributed by atoms with E-state index < -0.39 is 11.1 Å². The highest BCUT2D eigenvalue weighted by molar-refractivity contribution is 5.23. The van der Waals surface area contributed by atoms with E-state index in [1.807, 2.05) is 27.7 Å². The molecule has 0 bridgehead atoms. The lowest BCUT2D eigenvalue weighted by Gasteiger charge is -2.36. The fourth-order valence-electron chi connectivity index (χ4n) is 2.59. The molecule has 3 heteroatoms. The van der Waals surface area contributed by atoms with E-state index in [1.54, 1.807) is 0 Å². The van der Waals surface area contributed by atoms with Crippen LogP contribution in [0.3, 0.4) is 0 Å². The van der Waals surface area contributed by atoms with Crippen LogP contribution in [0.2, 0.25) is 0 Å². The number of nitrogens with zero attached hydrogens (tertiary/aromatic N) is 1. The summed E-state index contributed by atoms with van der Waals surface area (Å²) in [7, 11) is 0. The molecular formula is C12H22N2O. The highest BCUT2D eigenvalue weighted by atomic mass is 16.5. The molecule has 0 spiro atoms. The van der Waals surface area contributed by atoms with Crippen molar-refractivity contribution < 1.29 is 4.74 Å². The van der Waals surface area contributed by atoms with E-state index in [4.69, 9.17) is 4.74 Å². The predicted octanol–water partition coefficient (Wildman–Crippen LogP) is 2.22. The molecule has 15 heavy (non-hydrogen) atoms. The van der Waals surface area contributed by atoms with Crippen molar-refractivity contribution in [1.82, 2.24) is 5.32 Å². The molecular weight excluding hydrogens is 188 g/mol. The first-order valence-corrected chi connectivity index (χ1v) is 5.53. The summed E-state index contributed by atoms with van der Waals surface area (Å²) in [6.45, 7) is 12.2. The second-order valence-electron chi connectivity index (χ2n) is 5.87. The molecule has 86 valence electrons. The summed E-state index contributed by atoms with van der Waals surface area (Å²) in [6.07, 6.45) is 0.724. The molecule has 0 amide bonds. The predicted molar refractivity (Wildman–Crippen MR) is 60.5 cm³/mol. The van der Waals surface area contributed by atoms with E-state index >= 15 is 0 Å². The van der Waals surface area contributed by atoms with Crippen LogP contribution in [0, 0.1) is 11.3 Å². The molecule has 1 unspecified atom stereocenters. The highest BCUT2D eigenvalue weighted by Crippen LogP contribution is 2.44. The van der Waals surface area contributed by atoms with Crippen LogP contribution in [-0.4, -0.2) is 22.8 Å². The summed E-state index contributed by atoms with van der Waals surface area (Å²) in [5.41, 5.74) is -1.26. The van der Waals surface area contributed by atoms with Gasteiger partial charge in [-0.1, -0.05) is 0 Å². The third-order valence-corrected chi connectivity index (χ3v) is 2.98. The van der Waals surface area contributed by atoms with E-state index in [-0.39, 0.29) is 11.6 Å². The van der Waals surface area contributed by atoms with Crippen LogP contribution < -0.4 is 5.32 Å². The lowest BCUT2D eigenvalue weighted by Crippen LogP contribution is -2.58. The van der Waals surface area contributed by atoms with Crippen molar-refractivity contribution in [1.29, 1.82) is 5.26 Å². The SMILES string of the molecule is CC(C)NC1(C#N)CC(C)(C)OC1(C)C. The molecule has 1 atom stereocenters. The van der Waals surface area contributed by atoms with Gasteiger partial charge in [-0.15, -0.1) is 0 Å². The molecule has 1 N–H and O–H groups in total. The Kier molecular flexibility index (Phi) is 2.88. The average molecular weight is 210 g/mol. The van der Waals surface area contributed by atoms with E-state index in [0.717, 1.165) is 6.42 Å². The quantitative estimate of drug-likeness (QED) is 0.760. The van der Waals surface area contributed by atoms with Gasteiger partial charge < -0.3 is 4.74 Å². The molecule has 0 aromatic rings. The Morgan fingerprint density at radius 2 is 1.80 bits per heavy atom. The monoisotopic (exact) mass is 210 g/mol. The second-order valence-corrected chi connectivity index (χ2v) is 5.87. The molecule has 1 heterocycles. The van der Waals surface area contributed by atoms with Crippen molar-refractivity contribution in [3.63, 3.8) is 0 Å². The number of hydrogen-bond acceptors (Lipinski definition) is 3. The molecule has 1 rings (SSSR count). The maximum Gasteiger partial charge on any atom is 0.138 e. The van der Waals surface area contributed by atoms with Crippen molar-refractivity contribution >= 4 is 0 Å². The molecule has 0 radical (unpaired) electrons. The van der Waals surface area contributed by atoms with Gasteiger partial charge in [0.05, 0.1) is 17.3 Å². The van der Waals surface area contributed by atoms with Gasteiger partial charge in [-0.25, -0.2) is 0 Å². The Bertz CT molecular complexity index is 288. The molecule has 0 aromatic heterocycles. The summed E-state index contributed by atoms with van der Waals surface area (Å²) < 4.78 is 5.96. The molecule has 0 aromatic carbocycles. The molecule has 1 aliphatic heterocycles. The minimum Gasteiger partial charge on any atom is -0.367 e. The number of nitrogens with one attached hydrogen (secondary N) is 1. The van der Waals surface area contributed by atoms with Crippen LogP contribution in [-0.2, 0) is 4.74 Å². The van der Waals surface area contributed by atoms with Crippen LogP contribution in [0.5, 0.6) is 0 Å². The molecule has 1 fully saturated rings. The van der Waals surface area contributed by atoms with Gasteiger partial charge >= 0.3 is 0 Å². The molecule has 1 aliphatic rings.